The van der Waals surface area contributed by atoms with Crippen LogP contribution in [0.3, 0.4) is 0 Å². The predicted molar refractivity (Wildman–Crippen MR) is 90.0 cm³/mol. The molecule has 0 heterocycles. The molecule has 6 nitrogen and oxygen atoms in total. The van der Waals surface area contributed by atoms with Crippen molar-refractivity contribution in [1.29, 1.82) is 0 Å². The standard InChI is InChI=1S/C18H27NO5/c1-13(2)10-16(18(21)22-4)19-17(20)14(3)24-12-23-11-15-8-6-5-7-9-15/h5-9,13-14,16H,10-12H2,1-4H3,(H,19,20). The van der Waals surface area contributed by atoms with Gasteiger partial charge in [-0.15, -0.1) is 0 Å². The van der Waals surface area contributed by atoms with Crippen LogP contribution in [0.2, 0.25) is 0 Å². The van der Waals surface area contributed by atoms with Gasteiger partial charge in [0.15, 0.2) is 0 Å². The first-order valence-corrected chi connectivity index (χ1v) is 8.05. The lowest BCUT2D eigenvalue weighted by atomic mass is 10.0. The fourth-order valence-corrected chi connectivity index (χ4v) is 2.08. The van der Waals surface area contributed by atoms with E-state index in [1.165, 1.54) is 7.11 Å². The van der Waals surface area contributed by atoms with Crippen molar-refractivity contribution in [3.63, 3.8) is 0 Å². The first kappa shape index (κ1) is 20.1. The zero-order valence-electron chi connectivity index (χ0n) is 14.8. The minimum Gasteiger partial charge on any atom is -0.467 e. The summed E-state index contributed by atoms with van der Waals surface area (Å²) in [6.07, 6.45) is -0.213. The molecule has 1 amide bonds. The fraction of sp³-hybridized carbons (Fsp3) is 0.556. The summed E-state index contributed by atoms with van der Waals surface area (Å²) >= 11 is 0. The SMILES string of the molecule is COC(=O)C(CC(C)C)NC(=O)C(C)OCOCc1ccccc1. The molecule has 0 saturated carbocycles. The molecule has 24 heavy (non-hydrogen) atoms. The number of carbonyl (C=O) groups is 2. The number of carbonyl (C=O) groups excluding carboxylic acids is 2. The van der Waals surface area contributed by atoms with Gasteiger partial charge in [0, 0.05) is 0 Å². The number of nitrogens with one attached hydrogen (secondary N) is 1. The van der Waals surface area contributed by atoms with E-state index in [9.17, 15) is 9.59 Å². The maximum absolute atomic E-state index is 12.1. The molecule has 0 radical (unpaired) electrons. The average Bonchev–Trinajstić information content (AvgIpc) is 2.57. The Morgan fingerprint density at radius 2 is 1.79 bits per heavy atom. The van der Waals surface area contributed by atoms with Crippen LogP contribution >= 0.6 is 0 Å². The van der Waals surface area contributed by atoms with Crippen LogP contribution in [0.5, 0.6) is 0 Å². The van der Waals surface area contributed by atoms with E-state index in [0.717, 1.165) is 5.56 Å². The van der Waals surface area contributed by atoms with Gasteiger partial charge in [0.05, 0.1) is 13.7 Å². The summed E-state index contributed by atoms with van der Waals surface area (Å²) in [4.78, 5) is 23.8. The van der Waals surface area contributed by atoms with Crippen LogP contribution in [-0.2, 0) is 30.4 Å². The van der Waals surface area contributed by atoms with E-state index >= 15 is 0 Å². The van der Waals surface area contributed by atoms with Crippen LogP contribution in [0.1, 0.15) is 32.8 Å². The Labute approximate surface area is 143 Å². The maximum atomic E-state index is 12.1. The molecule has 0 bridgehead atoms. The number of hydrogen-bond acceptors (Lipinski definition) is 5. The molecule has 1 N–H and O–H groups in total. The van der Waals surface area contributed by atoms with Crippen molar-refractivity contribution in [2.24, 2.45) is 5.92 Å². The van der Waals surface area contributed by atoms with Crippen LogP contribution in [0.15, 0.2) is 30.3 Å². The van der Waals surface area contributed by atoms with E-state index < -0.39 is 18.1 Å². The molecule has 0 aliphatic rings. The molecule has 1 aromatic carbocycles. The van der Waals surface area contributed by atoms with Gasteiger partial charge in [0.2, 0.25) is 5.91 Å². The molecule has 0 aromatic heterocycles. The molecular weight excluding hydrogens is 310 g/mol. The van der Waals surface area contributed by atoms with Crippen molar-refractivity contribution in [2.75, 3.05) is 13.9 Å². The van der Waals surface area contributed by atoms with Gasteiger partial charge in [-0.3, -0.25) is 4.79 Å². The maximum Gasteiger partial charge on any atom is 0.328 e. The first-order valence-electron chi connectivity index (χ1n) is 8.05. The molecular formula is C18H27NO5. The second-order valence-corrected chi connectivity index (χ2v) is 5.97. The Hall–Kier alpha value is -1.92. The third-order valence-electron chi connectivity index (χ3n) is 3.39. The molecule has 2 atom stereocenters. The molecule has 0 spiro atoms. The van der Waals surface area contributed by atoms with Crippen LogP contribution in [0.25, 0.3) is 0 Å². The molecule has 0 saturated heterocycles. The molecule has 134 valence electrons. The van der Waals surface area contributed by atoms with Crippen molar-refractivity contribution in [3.8, 4) is 0 Å². The van der Waals surface area contributed by atoms with Crippen LogP contribution in [0, 0.1) is 5.92 Å². The van der Waals surface area contributed by atoms with Gasteiger partial charge in [-0.25, -0.2) is 4.79 Å². The van der Waals surface area contributed by atoms with E-state index in [1.807, 2.05) is 44.2 Å². The number of rotatable bonds is 10. The molecule has 0 fully saturated rings. The quantitative estimate of drug-likeness (QED) is 0.403. The summed E-state index contributed by atoms with van der Waals surface area (Å²) in [6, 6.07) is 9.01. The van der Waals surface area contributed by atoms with Gasteiger partial charge in [0.1, 0.15) is 18.9 Å². The number of methoxy groups -OCH3 is 1. The Kier molecular flexibility index (Phi) is 9.04. The number of benzene rings is 1. The van der Waals surface area contributed by atoms with Gasteiger partial charge < -0.3 is 19.5 Å². The van der Waals surface area contributed by atoms with Crippen molar-refractivity contribution in [1.82, 2.24) is 5.32 Å². The number of amides is 1. The third kappa shape index (κ3) is 7.57. The smallest absolute Gasteiger partial charge is 0.328 e. The normalized spacial score (nSPS) is 13.4. The third-order valence-corrected chi connectivity index (χ3v) is 3.39. The highest BCUT2D eigenvalue weighted by atomic mass is 16.7. The minimum absolute atomic E-state index is 0.00342. The Balaban J connectivity index is 2.35. The first-order chi connectivity index (χ1) is 11.4. The lowest BCUT2D eigenvalue weighted by molar-refractivity contribution is -0.151. The zero-order valence-corrected chi connectivity index (χ0v) is 14.8. The molecule has 1 aromatic rings. The van der Waals surface area contributed by atoms with Gasteiger partial charge in [-0.2, -0.15) is 0 Å². The fourth-order valence-electron chi connectivity index (χ4n) is 2.08. The van der Waals surface area contributed by atoms with E-state index in [-0.39, 0.29) is 18.6 Å². The van der Waals surface area contributed by atoms with Gasteiger partial charge in [0.25, 0.3) is 0 Å². The molecule has 6 heteroatoms. The highest BCUT2D eigenvalue weighted by molar-refractivity contribution is 5.86. The van der Waals surface area contributed by atoms with Gasteiger partial charge in [-0.1, -0.05) is 44.2 Å². The highest BCUT2D eigenvalue weighted by Gasteiger charge is 2.25. The zero-order chi connectivity index (χ0) is 17.9. The number of esters is 1. The van der Waals surface area contributed by atoms with Crippen LogP contribution in [-0.4, -0.2) is 37.9 Å². The number of ether oxygens (including phenoxy) is 3. The molecule has 0 aliphatic heterocycles. The highest BCUT2D eigenvalue weighted by Crippen LogP contribution is 2.07. The predicted octanol–water partition coefficient (Wildman–Crippen LogP) is 2.27. The summed E-state index contributed by atoms with van der Waals surface area (Å²) in [5, 5.41) is 2.66. The van der Waals surface area contributed by atoms with E-state index in [2.05, 4.69) is 5.32 Å². The van der Waals surface area contributed by atoms with Crippen molar-refractivity contribution in [3.05, 3.63) is 35.9 Å². The summed E-state index contributed by atoms with van der Waals surface area (Å²) in [7, 11) is 1.30. The van der Waals surface area contributed by atoms with E-state index in [0.29, 0.717) is 13.0 Å². The van der Waals surface area contributed by atoms with Gasteiger partial charge in [-0.05, 0) is 24.8 Å². The van der Waals surface area contributed by atoms with Crippen molar-refractivity contribution < 1.29 is 23.8 Å². The Morgan fingerprint density at radius 1 is 1.12 bits per heavy atom. The van der Waals surface area contributed by atoms with Crippen molar-refractivity contribution in [2.45, 2.75) is 45.9 Å². The largest absolute Gasteiger partial charge is 0.467 e. The van der Waals surface area contributed by atoms with E-state index in [1.54, 1.807) is 6.92 Å². The summed E-state index contributed by atoms with van der Waals surface area (Å²) in [6.45, 7) is 5.97. The Bertz CT molecular complexity index is 503. The number of hydrogen-bond donors (Lipinski definition) is 1. The summed E-state index contributed by atoms with van der Waals surface area (Å²) in [5.74, 6) is -0.571. The second-order valence-electron chi connectivity index (χ2n) is 5.97. The second kappa shape index (κ2) is 10.8. The monoisotopic (exact) mass is 337 g/mol. The summed E-state index contributed by atoms with van der Waals surface area (Å²) < 4.78 is 15.5. The molecule has 1 rings (SSSR count). The van der Waals surface area contributed by atoms with E-state index in [4.69, 9.17) is 14.2 Å². The average molecular weight is 337 g/mol. The molecule has 0 aliphatic carbocycles. The Morgan fingerprint density at radius 3 is 2.38 bits per heavy atom. The topological polar surface area (TPSA) is 73.9 Å². The minimum atomic E-state index is -0.722. The lowest BCUT2D eigenvalue weighted by Gasteiger charge is -2.20. The van der Waals surface area contributed by atoms with Crippen LogP contribution in [0.4, 0.5) is 0 Å². The summed E-state index contributed by atoms with van der Waals surface area (Å²) in [5.41, 5.74) is 1.03. The lowest BCUT2D eigenvalue weighted by Crippen LogP contribution is -2.46. The van der Waals surface area contributed by atoms with Crippen molar-refractivity contribution >= 4 is 11.9 Å². The van der Waals surface area contributed by atoms with Gasteiger partial charge >= 0.3 is 5.97 Å². The molecule has 2 unspecified atom stereocenters. The van der Waals surface area contributed by atoms with Crippen LogP contribution < -0.4 is 5.32 Å².